The Bertz CT molecular complexity index is 370. The predicted molar refractivity (Wildman–Crippen MR) is 72.2 cm³/mol. The first-order chi connectivity index (χ1) is 8.19. The Hall–Kier alpha value is -0.580. The molecule has 0 N–H and O–H groups in total. The first-order valence-corrected chi connectivity index (χ1v) is 6.62. The molecule has 0 atom stereocenters. The molecule has 0 saturated carbocycles. The number of nitrogens with zero attached hydrogens (tertiary/aromatic N) is 1. The highest BCUT2D eigenvalue weighted by Gasteiger charge is 2.10. The molecule has 0 unspecified atom stereocenters. The summed E-state index contributed by atoms with van der Waals surface area (Å²) < 4.78 is 6.00. The van der Waals surface area contributed by atoms with Gasteiger partial charge in [-0.15, -0.1) is 0 Å². The van der Waals surface area contributed by atoms with E-state index in [0.717, 1.165) is 24.1 Å². The fourth-order valence-electron chi connectivity index (χ4n) is 1.51. The van der Waals surface area contributed by atoms with Gasteiger partial charge >= 0.3 is 5.97 Å². The number of carbonyl (C=O) groups is 1. The van der Waals surface area contributed by atoms with Crippen LogP contribution in [0.15, 0.2) is 28.7 Å². The fraction of sp³-hybridized carbons (Fsp3) is 0.462. The van der Waals surface area contributed by atoms with Gasteiger partial charge in [-0.3, -0.25) is 0 Å². The number of halogens is 2. The van der Waals surface area contributed by atoms with E-state index in [1.165, 1.54) is 0 Å². The van der Waals surface area contributed by atoms with Gasteiger partial charge in [0.25, 0.3) is 0 Å². The molecule has 0 amide bonds. The maximum absolute atomic E-state index is 11.8. The highest BCUT2D eigenvalue weighted by Crippen LogP contribution is 2.16. The Morgan fingerprint density at radius 3 is 2.44 bits per heavy atom. The largest absolute Gasteiger partial charge is 1.00 e. The van der Waals surface area contributed by atoms with Crippen LogP contribution in [0.4, 0.5) is 0 Å². The Balaban J connectivity index is 0.00000289. The molecule has 3 nitrogen and oxygen atoms in total. The van der Waals surface area contributed by atoms with Gasteiger partial charge in [0.15, 0.2) is 0 Å². The lowest BCUT2D eigenvalue weighted by Crippen LogP contribution is -3.00. The first kappa shape index (κ1) is 17.4. The summed E-state index contributed by atoms with van der Waals surface area (Å²) in [6, 6.07) is 7.29. The monoisotopic (exact) mass is 334 g/mol. The van der Waals surface area contributed by atoms with Crippen LogP contribution < -0.4 is 12.4 Å². The number of benzene rings is 1. The standard InChI is InChI=1S/C13H18BrNO2.ClH/c1-3-15(4-2)9-10-17-13(16)11-7-5-6-8-12(11)14;/h5-8H,3-4,9-10H2,1-2H3;1H/p-1. The molecule has 1 aromatic rings. The molecule has 18 heavy (non-hydrogen) atoms. The zero-order valence-electron chi connectivity index (χ0n) is 10.7. The smallest absolute Gasteiger partial charge is 0.339 e. The Kier molecular flexibility index (Phi) is 9.06. The molecule has 0 heterocycles. The second kappa shape index (κ2) is 9.36. The van der Waals surface area contributed by atoms with Crippen molar-refractivity contribution < 1.29 is 21.9 Å². The van der Waals surface area contributed by atoms with Gasteiger partial charge < -0.3 is 22.0 Å². The van der Waals surface area contributed by atoms with Crippen molar-refractivity contribution in [3.05, 3.63) is 34.3 Å². The van der Waals surface area contributed by atoms with Crippen LogP contribution in [0.3, 0.4) is 0 Å². The van der Waals surface area contributed by atoms with Gasteiger partial charge in [-0.25, -0.2) is 4.79 Å². The lowest BCUT2D eigenvalue weighted by molar-refractivity contribution is -0.0000224. The van der Waals surface area contributed by atoms with Gasteiger partial charge in [0, 0.05) is 11.0 Å². The van der Waals surface area contributed by atoms with Crippen LogP contribution in [0.1, 0.15) is 24.2 Å². The van der Waals surface area contributed by atoms with Crippen LogP contribution in [-0.2, 0) is 4.74 Å². The predicted octanol–water partition coefficient (Wildman–Crippen LogP) is -0.0483. The molecule has 0 radical (unpaired) electrons. The summed E-state index contributed by atoms with van der Waals surface area (Å²) in [7, 11) is 0. The zero-order chi connectivity index (χ0) is 12.7. The summed E-state index contributed by atoms with van der Waals surface area (Å²) in [5, 5.41) is 0. The Morgan fingerprint density at radius 1 is 1.28 bits per heavy atom. The topological polar surface area (TPSA) is 29.5 Å². The minimum absolute atomic E-state index is 0. The normalized spacial score (nSPS) is 10.0. The molecular weight excluding hydrogens is 318 g/mol. The van der Waals surface area contributed by atoms with Crippen molar-refractivity contribution in [2.75, 3.05) is 26.2 Å². The minimum Gasteiger partial charge on any atom is -1.00 e. The third-order valence-electron chi connectivity index (χ3n) is 2.63. The van der Waals surface area contributed by atoms with E-state index in [2.05, 4.69) is 34.7 Å². The van der Waals surface area contributed by atoms with E-state index in [1.807, 2.05) is 18.2 Å². The van der Waals surface area contributed by atoms with Crippen molar-refractivity contribution in [3.8, 4) is 0 Å². The Labute approximate surface area is 123 Å². The van der Waals surface area contributed by atoms with Crippen molar-refractivity contribution in [2.45, 2.75) is 13.8 Å². The van der Waals surface area contributed by atoms with E-state index in [0.29, 0.717) is 12.2 Å². The molecule has 0 saturated heterocycles. The van der Waals surface area contributed by atoms with Gasteiger partial charge in [-0.2, -0.15) is 0 Å². The van der Waals surface area contributed by atoms with E-state index in [-0.39, 0.29) is 18.4 Å². The summed E-state index contributed by atoms with van der Waals surface area (Å²) in [5.74, 6) is -0.273. The van der Waals surface area contributed by atoms with E-state index in [4.69, 9.17) is 4.74 Å². The second-order valence-corrected chi connectivity index (χ2v) is 4.50. The van der Waals surface area contributed by atoms with E-state index in [9.17, 15) is 4.79 Å². The molecule has 0 fully saturated rings. The molecule has 1 aromatic carbocycles. The fourth-order valence-corrected chi connectivity index (χ4v) is 1.96. The van der Waals surface area contributed by atoms with Crippen LogP contribution in [0, 0.1) is 0 Å². The van der Waals surface area contributed by atoms with E-state index >= 15 is 0 Å². The molecular formula is C13H18BrClNO2-. The molecule has 5 heteroatoms. The van der Waals surface area contributed by atoms with Gasteiger partial charge in [-0.1, -0.05) is 26.0 Å². The number of hydrogen-bond acceptors (Lipinski definition) is 3. The summed E-state index contributed by atoms with van der Waals surface area (Å²) in [4.78, 5) is 14.0. The molecule has 0 aliphatic rings. The van der Waals surface area contributed by atoms with Crippen molar-refractivity contribution in [3.63, 3.8) is 0 Å². The first-order valence-electron chi connectivity index (χ1n) is 5.83. The van der Waals surface area contributed by atoms with Gasteiger partial charge in [0.05, 0.1) is 5.56 Å². The number of rotatable bonds is 6. The van der Waals surface area contributed by atoms with Crippen LogP contribution in [-0.4, -0.2) is 37.1 Å². The molecule has 1 rings (SSSR count). The number of ether oxygens (including phenoxy) is 1. The third kappa shape index (κ3) is 5.38. The summed E-state index contributed by atoms with van der Waals surface area (Å²) >= 11 is 3.33. The lowest BCUT2D eigenvalue weighted by Gasteiger charge is -2.17. The summed E-state index contributed by atoms with van der Waals surface area (Å²) in [6.45, 7) is 7.36. The molecule has 0 aromatic heterocycles. The maximum atomic E-state index is 11.8. The minimum atomic E-state index is -0.273. The van der Waals surface area contributed by atoms with E-state index < -0.39 is 0 Å². The zero-order valence-corrected chi connectivity index (χ0v) is 13.0. The average molecular weight is 336 g/mol. The quantitative estimate of drug-likeness (QED) is 0.683. The van der Waals surface area contributed by atoms with E-state index in [1.54, 1.807) is 6.07 Å². The molecule has 0 spiro atoms. The lowest BCUT2D eigenvalue weighted by atomic mass is 10.2. The number of likely N-dealkylation sites (N-methyl/N-ethyl adjacent to an activating group) is 1. The maximum Gasteiger partial charge on any atom is 0.339 e. The number of esters is 1. The SMILES string of the molecule is CCN(CC)CCOC(=O)c1ccccc1Br.[Cl-]. The third-order valence-corrected chi connectivity index (χ3v) is 3.32. The highest BCUT2D eigenvalue weighted by molar-refractivity contribution is 9.10. The highest BCUT2D eigenvalue weighted by atomic mass is 79.9. The van der Waals surface area contributed by atoms with Crippen molar-refractivity contribution >= 4 is 21.9 Å². The summed E-state index contributed by atoms with van der Waals surface area (Å²) in [6.07, 6.45) is 0. The average Bonchev–Trinajstić information content (AvgIpc) is 2.35. The van der Waals surface area contributed by atoms with Crippen LogP contribution >= 0.6 is 15.9 Å². The van der Waals surface area contributed by atoms with Gasteiger partial charge in [0.1, 0.15) is 6.61 Å². The number of hydrogen-bond donors (Lipinski definition) is 0. The van der Waals surface area contributed by atoms with Gasteiger partial charge in [-0.05, 0) is 41.2 Å². The van der Waals surface area contributed by atoms with Crippen molar-refractivity contribution in [1.29, 1.82) is 0 Å². The number of carbonyl (C=O) groups excluding carboxylic acids is 1. The van der Waals surface area contributed by atoms with Gasteiger partial charge in [0.2, 0.25) is 0 Å². The molecule has 102 valence electrons. The Morgan fingerprint density at radius 2 is 1.89 bits per heavy atom. The van der Waals surface area contributed by atoms with Crippen LogP contribution in [0.2, 0.25) is 0 Å². The van der Waals surface area contributed by atoms with Crippen LogP contribution in [0.5, 0.6) is 0 Å². The second-order valence-electron chi connectivity index (χ2n) is 3.64. The molecule has 0 bridgehead atoms. The molecule has 0 aliphatic heterocycles. The summed E-state index contributed by atoms with van der Waals surface area (Å²) in [5.41, 5.74) is 0.576. The van der Waals surface area contributed by atoms with Crippen molar-refractivity contribution in [1.82, 2.24) is 4.90 Å². The van der Waals surface area contributed by atoms with Crippen LogP contribution in [0.25, 0.3) is 0 Å². The van der Waals surface area contributed by atoms with Crippen molar-refractivity contribution in [2.24, 2.45) is 0 Å². The molecule has 0 aliphatic carbocycles.